The third-order valence-electron chi connectivity index (χ3n) is 2.37. The number of nitrogens with zero attached hydrogens (tertiary/aromatic N) is 1. The van der Waals surface area contributed by atoms with Gasteiger partial charge >= 0.3 is 0 Å². The highest BCUT2D eigenvalue weighted by Gasteiger charge is 2.17. The first kappa shape index (κ1) is 12.2. The van der Waals surface area contributed by atoms with Gasteiger partial charge in [-0.05, 0) is 19.3 Å². The summed E-state index contributed by atoms with van der Waals surface area (Å²) < 4.78 is 0. The van der Waals surface area contributed by atoms with Crippen LogP contribution >= 0.6 is 0 Å². The van der Waals surface area contributed by atoms with E-state index in [1.807, 2.05) is 6.92 Å². The van der Waals surface area contributed by atoms with Gasteiger partial charge in [-0.1, -0.05) is 33.1 Å². The maximum atomic E-state index is 10.1. The van der Waals surface area contributed by atoms with Crippen molar-refractivity contribution < 1.29 is 9.92 Å². The normalized spacial score (nSPS) is 15.0. The van der Waals surface area contributed by atoms with E-state index in [-0.39, 0.29) is 6.10 Å². The molecular weight excluding hydrogens is 170 g/mol. The number of unbranched alkanes of at least 4 members (excludes halogenated alkanes) is 1. The molecule has 0 N–H and O–H groups in total. The lowest BCUT2D eigenvalue weighted by molar-refractivity contribution is -0.769. The summed E-state index contributed by atoms with van der Waals surface area (Å²) in [7, 11) is 0. The van der Waals surface area contributed by atoms with Gasteiger partial charge in [-0.15, -0.1) is 10.1 Å². The van der Waals surface area contributed by atoms with Crippen molar-refractivity contribution in [2.75, 3.05) is 0 Å². The van der Waals surface area contributed by atoms with Gasteiger partial charge in [0, 0.05) is 0 Å². The summed E-state index contributed by atoms with van der Waals surface area (Å²) in [4.78, 5) is 14.6. The first-order valence-electron chi connectivity index (χ1n) is 4.92. The van der Waals surface area contributed by atoms with E-state index >= 15 is 0 Å². The Kier molecular flexibility index (Phi) is 6.28. The predicted octanol–water partition coefficient (Wildman–Crippen LogP) is 2.80. The van der Waals surface area contributed by atoms with Crippen molar-refractivity contribution >= 4 is 0 Å². The minimum atomic E-state index is -0.695. The Morgan fingerprint density at radius 2 is 2.08 bits per heavy atom. The molecule has 0 fully saturated rings. The number of hydrogen-bond donors (Lipinski definition) is 0. The lowest BCUT2D eigenvalue weighted by atomic mass is 9.94. The van der Waals surface area contributed by atoms with Crippen LogP contribution in [0.4, 0.5) is 0 Å². The van der Waals surface area contributed by atoms with E-state index < -0.39 is 5.09 Å². The highest BCUT2D eigenvalue weighted by Crippen LogP contribution is 2.18. The van der Waals surface area contributed by atoms with Crippen LogP contribution in [0.5, 0.6) is 0 Å². The van der Waals surface area contributed by atoms with Crippen LogP contribution in [0.2, 0.25) is 0 Å². The van der Waals surface area contributed by atoms with Crippen molar-refractivity contribution in [3.63, 3.8) is 0 Å². The second-order valence-corrected chi connectivity index (χ2v) is 3.34. The van der Waals surface area contributed by atoms with E-state index in [0.29, 0.717) is 5.92 Å². The molecule has 4 heteroatoms. The SMILES string of the molecule is CCCCC(CC)C(C)O[N+](=O)[O-]. The molecule has 0 saturated carbocycles. The molecule has 13 heavy (non-hydrogen) atoms. The molecule has 78 valence electrons. The zero-order valence-corrected chi connectivity index (χ0v) is 8.66. The van der Waals surface area contributed by atoms with Crippen molar-refractivity contribution in [2.45, 2.75) is 52.6 Å². The van der Waals surface area contributed by atoms with Gasteiger partial charge in [-0.3, -0.25) is 0 Å². The van der Waals surface area contributed by atoms with Crippen LogP contribution in [-0.4, -0.2) is 11.2 Å². The molecule has 0 aromatic rings. The van der Waals surface area contributed by atoms with Crippen molar-refractivity contribution in [2.24, 2.45) is 5.92 Å². The molecule has 0 rings (SSSR count). The molecule has 2 atom stereocenters. The van der Waals surface area contributed by atoms with Crippen LogP contribution in [0.3, 0.4) is 0 Å². The van der Waals surface area contributed by atoms with Gasteiger partial charge < -0.3 is 4.84 Å². The molecular formula is C9H19NO3. The largest absolute Gasteiger partial charge is 0.311 e. The topological polar surface area (TPSA) is 52.4 Å². The maximum Gasteiger partial charge on any atom is 0.294 e. The molecule has 2 unspecified atom stereocenters. The molecule has 0 heterocycles. The summed E-state index contributed by atoms with van der Waals surface area (Å²) >= 11 is 0. The summed E-state index contributed by atoms with van der Waals surface area (Å²) in [6.07, 6.45) is 3.93. The fourth-order valence-corrected chi connectivity index (χ4v) is 1.46. The number of hydrogen-bond acceptors (Lipinski definition) is 3. The van der Waals surface area contributed by atoms with E-state index in [0.717, 1.165) is 25.7 Å². The molecule has 0 bridgehead atoms. The van der Waals surface area contributed by atoms with Crippen molar-refractivity contribution in [3.8, 4) is 0 Å². The van der Waals surface area contributed by atoms with E-state index in [2.05, 4.69) is 11.8 Å². The van der Waals surface area contributed by atoms with Gasteiger partial charge in [0.1, 0.15) is 6.10 Å². The van der Waals surface area contributed by atoms with Crippen molar-refractivity contribution in [3.05, 3.63) is 10.1 Å². The van der Waals surface area contributed by atoms with Crippen LogP contribution in [0, 0.1) is 16.0 Å². The highest BCUT2D eigenvalue weighted by atomic mass is 17.0. The third kappa shape index (κ3) is 5.44. The van der Waals surface area contributed by atoms with Gasteiger partial charge in [0.15, 0.2) is 0 Å². The van der Waals surface area contributed by atoms with Crippen LogP contribution < -0.4 is 0 Å². The molecule has 4 nitrogen and oxygen atoms in total. The summed E-state index contributed by atoms with van der Waals surface area (Å²) in [6.45, 7) is 5.93. The molecule has 0 aliphatic rings. The summed E-state index contributed by atoms with van der Waals surface area (Å²) in [5, 5.41) is 9.39. The van der Waals surface area contributed by atoms with Crippen LogP contribution in [-0.2, 0) is 4.84 Å². The van der Waals surface area contributed by atoms with Gasteiger partial charge in [-0.2, -0.15) is 0 Å². The Hall–Kier alpha value is -0.800. The quantitative estimate of drug-likeness (QED) is 0.457. The Labute approximate surface area is 79.4 Å². The lowest BCUT2D eigenvalue weighted by Crippen LogP contribution is -2.23. The van der Waals surface area contributed by atoms with Gasteiger partial charge in [0.2, 0.25) is 0 Å². The fourth-order valence-electron chi connectivity index (χ4n) is 1.46. The number of rotatable bonds is 7. The van der Waals surface area contributed by atoms with E-state index in [1.165, 1.54) is 0 Å². The van der Waals surface area contributed by atoms with Gasteiger partial charge in [0.25, 0.3) is 5.09 Å². The predicted molar refractivity (Wildman–Crippen MR) is 50.8 cm³/mol. The standard InChI is InChI=1S/C9H19NO3/c1-4-6-7-9(5-2)8(3)13-10(11)12/h8-9H,4-7H2,1-3H3. The van der Waals surface area contributed by atoms with Crippen LogP contribution in [0.25, 0.3) is 0 Å². The molecule has 0 spiro atoms. The fraction of sp³-hybridized carbons (Fsp3) is 1.00. The maximum absolute atomic E-state index is 10.1. The first-order valence-corrected chi connectivity index (χ1v) is 4.92. The van der Waals surface area contributed by atoms with Crippen molar-refractivity contribution in [1.82, 2.24) is 0 Å². The Balaban J connectivity index is 3.83. The molecule has 0 saturated heterocycles. The molecule has 0 aliphatic carbocycles. The molecule has 0 aromatic heterocycles. The Morgan fingerprint density at radius 1 is 1.46 bits per heavy atom. The third-order valence-corrected chi connectivity index (χ3v) is 2.37. The molecule has 0 amide bonds. The van der Waals surface area contributed by atoms with E-state index in [4.69, 9.17) is 0 Å². The van der Waals surface area contributed by atoms with E-state index in [1.54, 1.807) is 6.92 Å². The summed E-state index contributed by atoms with van der Waals surface area (Å²) in [5.74, 6) is 0.311. The summed E-state index contributed by atoms with van der Waals surface area (Å²) in [6, 6.07) is 0. The average molecular weight is 189 g/mol. The Bertz CT molecular complexity index is 150. The zero-order valence-electron chi connectivity index (χ0n) is 8.66. The minimum absolute atomic E-state index is 0.272. The van der Waals surface area contributed by atoms with Crippen molar-refractivity contribution in [1.29, 1.82) is 0 Å². The Morgan fingerprint density at radius 3 is 2.46 bits per heavy atom. The van der Waals surface area contributed by atoms with Gasteiger partial charge in [0.05, 0.1) is 0 Å². The monoisotopic (exact) mass is 189 g/mol. The first-order chi connectivity index (χ1) is 6.11. The zero-order chi connectivity index (χ0) is 10.3. The average Bonchev–Trinajstić information content (AvgIpc) is 2.04. The second-order valence-electron chi connectivity index (χ2n) is 3.34. The summed E-state index contributed by atoms with van der Waals surface area (Å²) in [5.41, 5.74) is 0. The smallest absolute Gasteiger partial charge is 0.294 e. The van der Waals surface area contributed by atoms with Crippen LogP contribution in [0.1, 0.15) is 46.5 Å². The molecule has 0 radical (unpaired) electrons. The highest BCUT2D eigenvalue weighted by molar-refractivity contribution is 4.63. The minimum Gasteiger partial charge on any atom is -0.311 e. The lowest BCUT2D eigenvalue weighted by Gasteiger charge is -2.20. The molecule has 0 aliphatic heterocycles. The van der Waals surface area contributed by atoms with E-state index in [9.17, 15) is 10.1 Å². The van der Waals surface area contributed by atoms with Crippen LogP contribution in [0.15, 0.2) is 0 Å². The van der Waals surface area contributed by atoms with Gasteiger partial charge in [-0.25, -0.2) is 0 Å². The second kappa shape index (κ2) is 6.69. The molecule has 0 aromatic carbocycles.